The molecular weight excluding hydrogens is 414 g/mol. The number of pyridine rings is 1. The molecule has 0 saturated carbocycles. The highest BCUT2D eigenvalue weighted by atomic mass is 35.5. The third-order valence-corrected chi connectivity index (χ3v) is 5.48. The first kappa shape index (κ1) is 21.2. The summed E-state index contributed by atoms with van der Waals surface area (Å²) in [4.78, 5) is 27.5. The Kier molecular flexibility index (Phi) is 6.44. The number of hydrogen-bond donors (Lipinski definition) is 1. The number of morpholine rings is 1. The van der Waals surface area contributed by atoms with E-state index >= 15 is 0 Å². The molecule has 0 radical (unpaired) electrons. The summed E-state index contributed by atoms with van der Waals surface area (Å²) in [7, 11) is 0. The van der Waals surface area contributed by atoms with E-state index in [9.17, 15) is 4.79 Å². The zero-order valence-corrected chi connectivity index (χ0v) is 18.0. The summed E-state index contributed by atoms with van der Waals surface area (Å²) < 4.78 is 5.96. The van der Waals surface area contributed by atoms with Crippen LogP contribution in [0.4, 0.5) is 5.95 Å². The van der Waals surface area contributed by atoms with Crippen LogP contribution in [0.15, 0.2) is 48.8 Å². The molecular formula is C23H24ClN5O2. The number of amides is 1. The summed E-state index contributed by atoms with van der Waals surface area (Å²) in [6, 6.07) is 11.6. The number of rotatable bonds is 5. The number of anilines is 1. The van der Waals surface area contributed by atoms with Gasteiger partial charge in [-0.1, -0.05) is 23.7 Å². The van der Waals surface area contributed by atoms with Crippen molar-refractivity contribution in [2.45, 2.75) is 25.9 Å². The fourth-order valence-electron chi connectivity index (χ4n) is 3.67. The number of hydrogen-bond acceptors (Lipinski definition) is 6. The molecule has 3 heterocycles. The Morgan fingerprint density at radius 2 is 2.03 bits per heavy atom. The molecule has 4 rings (SSSR count). The Hall–Kier alpha value is -3.03. The number of carbonyl (C=O) groups excluding carboxylic acids is 1. The second-order valence-corrected chi connectivity index (χ2v) is 8.02. The topological polar surface area (TPSA) is 94.2 Å². The predicted octanol–water partition coefficient (Wildman–Crippen LogP) is 3.62. The molecule has 0 spiro atoms. The van der Waals surface area contributed by atoms with Gasteiger partial charge in [0.1, 0.15) is 6.10 Å². The van der Waals surface area contributed by atoms with Crippen molar-refractivity contribution < 1.29 is 9.53 Å². The summed E-state index contributed by atoms with van der Waals surface area (Å²) in [5, 5.41) is 0.684. The number of aromatic nitrogens is 3. The molecule has 2 aromatic heterocycles. The van der Waals surface area contributed by atoms with Crippen LogP contribution in [0.1, 0.15) is 29.5 Å². The molecule has 0 bridgehead atoms. The number of ether oxygens (including phenoxy) is 1. The van der Waals surface area contributed by atoms with Gasteiger partial charge in [-0.25, -0.2) is 9.97 Å². The van der Waals surface area contributed by atoms with E-state index in [1.807, 2.05) is 48.2 Å². The highest BCUT2D eigenvalue weighted by molar-refractivity contribution is 6.30. The average molecular weight is 438 g/mol. The lowest BCUT2D eigenvalue weighted by Gasteiger charge is -2.33. The van der Waals surface area contributed by atoms with Crippen molar-refractivity contribution in [1.82, 2.24) is 19.9 Å². The Morgan fingerprint density at radius 1 is 1.23 bits per heavy atom. The molecule has 1 saturated heterocycles. The van der Waals surface area contributed by atoms with Crippen LogP contribution in [-0.2, 0) is 16.0 Å². The highest BCUT2D eigenvalue weighted by Gasteiger charge is 2.26. The number of benzene rings is 1. The fraction of sp³-hybridized carbons (Fsp3) is 0.304. The van der Waals surface area contributed by atoms with Gasteiger partial charge in [0, 0.05) is 41.6 Å². The van der Waals surface area contributed by atoms with E-state index in [0.717, 1.165) is 28.1 Å². The van der Waals surface area contributed by atoms with Crippen LogP contribution in [0.25, 0.3) is 11.1 Å². The van der Waals surface area contributed by atoms with Crippen LogP contribution in [0, 0.1) is 6.92 Å². The molecule has 0 unspecified atom stereocenters. The molecule has 8 heteroatoms. The quantitative estimate of drug-likeness (QED) is 0.655. The lowest BCUT2D eigenvalue weighted by molar-refractivity contribution is -0.139. The van der Waals surface area contributed by atoms with Gasteiger partial charge in [0.2, 0.25) is 11.9 Å². The monoisotopic (exact) mass is 437 g/mol. The van der Waals surface area contributed by atoms with Crippen molar-refractivity contribution in [2.75, 3.05) is 25.4 Å². The van der Waals surface area contributed by atoms with Crippen LogP contribution in [-0.4, -0.2) is 45.5 Å². The second kappa shape index (κ2) is 9.41. The van der Waals surface area contributed by atoms with Crippen LogP contribution in [0.3, 0.4) is 0 Å². The van der Waals surface area contributed by atoms with Crippen LogP contribution >= 0.6 is 11.6 Å². The number of nitrogen functional groups attached to an aromatic ring is 1. The maximum absolute atomic E-state index is 12.8. The molecule has 31 heavy (non-hydrogen) atoms. The van der Waals surface area contributed by atoms with Crippen LogP contribution < -0.4 is 5.73 Å². The Balaban J connectivity index is 1.45. The van der Waals surface area contributed by atoms with Crippen LogP contribution in [0.2, 0.25) is 5.02 Å². The average Bonchev–Trinajstić information content (AvgIpc) is 2.78. The first-order valence-electron chi connectivity index (χ1n) is 10.2. The summed E-state index contributed by atoms with van der Waals surface area (Å²) in [5.41, 5.74) is 10.1. The molecule has 1 aliphatic rings. The van der Waals surface area contributed by atoms with E-state index in [1.54, 1.807) is 12.4 Å². The highest BCUT2D eigenvalue weighted by Crippen LogP contribution is 2.27. The zero-order chi connectivity index (χ0) is 21.8. The van der Waals surface area contributed by atoms with Gasteiger partial charge in [0.15, 0.2) is 0 Å². The van der Waals surface area contributed by atoms with Crippen molar-refractivity contribution in [3.8, 4) is 11.1 Å². The number of carbonyl (C=O) groups is 1. The Bertz CT molecular complexity index is 1070. The molecule has 1 aromatic carbocycles. The van der Waals surface area contributed by atoms with Gasteiger partial charge in [0.25, 0.3) is 0 Å². The van der Waals surface area contributed by atoms with Gasteiger partial charge in [-0.15, -0.1) is 0 Å². The number of halogens is 1. The first-order chi connectivity index (χ1) is 15.0. The summed E-state index contributed by atoms with van der Waals surface area (Å²) in [5.74, 6) is 0.338. The van der Waals surface area contributed by atoms with E-state index < -0.39 is 0 Å². The van der Waals surface area contributed by atoms with Gasteiger partial charge in [-0.3, -0.25) is 9.78 Å². The summed E-state index contributed by atoms with van der Waals surface area (Å²) in [6.07, 6.45) is 4.19. The standard InChI is InChI=1S/C23H24ClN5O2/c1-15-9-17(18-12-26-23(25)27-13-18)11-20(28-15)21-14-29(7-8-31-21)22(30)6-5-16-3-2-4-19(24)10-16/h2-4,9-13,21H,5-8,14H2,1H3,(H2,25,26,27)/t21-/m0/s1. The van der Waals surface area contributed by atoms with Crippen molar-refractivity contribution in [2.24, 2.45) is 0 Å². The number of nitrogens with zero attached hydrogens (tertiary/aromatic N) is 4. The molecule has 1 fully saturated rings. The minimum absolute atomic E-state index is 0.105. The van der Waals surface area contributed by atoms with Gasteiger partial charge >= 0.3 is 0 Å². The lowest BCUT2D eigenvalue weighted by atomic mass is 10.0. The van der Waals surface area contributed by atoms with Gasteiger partial charge in [-0.05, 0) is 48.7 Å². The van der Waals surface area contributed by atoms with Crippen LogP contribution in [0.5, 0.6) is 0 Å². The number of nitrogens with two attached hydrogens (primary N) is 1. The maximum Gasteiger partial charge on any atom is 0.223 e. The van der Waals surface area contributed by atoms with Crippen molar-refractivity contribution in [3.63, 3.8) is 0 Å². The van der Waals surface area contributed by atoms with E-state index in [-0.39, 0.29) is 18.0 Å². The van der Waals surface area contributed by atoms with Gasteiger partial charge in [0.05, 0.1) is 18.8 Å². The van der Waals surface area contributed by atoms with Crippen molar-refractivity contribution >= 4 is 23.5 Å². The predicted molar refractivity (Wildman–Crippen MR) is 119 cm³/mol. The molecule has 2 N–H and O–H groups in total. The molecule has 1 amide bonds. The molecule has 3 aromatic rings. The van der Waals surface area contributed by atoms with E-state index in [4.69, 9.17) is 22.1 Å². The van der Waals surface area contributed by atoms with E-state index in [1.165, 1.54) is 0 Å². The molecule has 1 atom stereocenters. The Morgan fingerprint density at radius 3 is 2.81 bits per heavy atom. The molecule has 1 aliphatic heterocycles. The minimum atomic E-state index is -0.280. The second-order valence-electron chi connectivity index (χ2n) is 7.58. The largest absolute Gasteiger partial charge is 0.368 e. The SMILES string of the molecule is Cc1cc(-c2cnc(N)nc2)cc([C@@H]2CN(C(=O)CCc3cccc(Cl)c3)CCO2)n1. The lowest BCUT2D eigenvalue weighted by Crippen LogP contribution is -2.42. The fourth-order valence-corrected chi connectivity index (χ4v) is 3.88. The minimum Gasteiger partial charge on any atom is -0.368 e. The number of aryl methyl sites for hydroxylation is 2. The summed E-state index contributed by atoms with van der Waals surface area (Å²) >= 11 is 6.04. The summed E-state index contributed by atoms with van der Waals surface area (Å²) in [6.45, 7) is 3.46. The smallest absolute Gasteiger partial charge is 0.223 e. The zero-order valence-electron chi connectivity index (χ0n) is 17.3. The van der Waals surface area contributed by atoms with E-state index in [0.29, 0.717) is 37.6 Å². The maximum atomic E-state index is 12.8. The van der Waals surface area contributed by atoms with Crippen molar-refractivity contribution in [1.29, 1.82) is 0 Å². The van der Waals surface area contributed by atoms with Gasteiger partial charge < -0.3 is 15.4 Å². The third kappa shape index (κ3) is 5.37. The molecule has 7 nitrogen and oxygen atoms in total. The van der Waals surface area contributed by atoms with Gasteiger partial charge in [-0.2, -0.15) is 0 Å². The normalized spacial score (nSPS) is 16.3. The van der Waals surface area contributed by atoms with E-state index in [2.05, 4.69) is 15.0 Å². The Labute approximate surface area is 186 Å². The first-order valence-corrected chi connectivity index (χ1v) is 10.6. The third-order valence-electron chi connectivity index (χ3n) is 5.24. The molecule has 0 aliphatic carbocycles. The molecule has 160 valence electrons. The van der Waals surface area contributed by atoms with Crippen molar-refractivity contribution in [3.05, 3.63) is 70.8 Å².